The summed E-state index contributed by atoms with van der Waals surface area (Å²) in [5, 5.41) is 3.84. The third-order valence-electron chi connectivity index (χ3n) is 5.33. The van der Waals surface area contributed by atoms with Crippen LogP contribution in [0.3, 0.4) is 0 Å². The minimum absolute atomic E-state index is 0.0130. The molecule has 0 aromatic heterocycles. The Labute approximate surface area is 177 Å². The molecule has 1 aliphatic heterocycles. The van der Waals surface area contributed by atoms with Gasteiger partial charge in [0.25, 0.3) is 0 Å². The van der Waals surface area contributed by atoms with Crippen LogP contribution in [-0.4, -0.2) is 24.7 Å². The molecule has 1 fully saturated rings. The van der Waals surface area contributed by atoms with Crippen LogP contribution in [0.4, 0.5) is 5.69 Å². The Balaban J connectivity index is 1.43. The number of amides is 1. The summed E-state index contributed by atoms with van der Waals surface area (Å²) < 4.78 is 0. The molecular formula is C23H29ClN2OS. The van der Waals surface area contributed by atoms with Crippen molar-refractivity contribution in [3.05, 3.63) is 64.7 Å². The van der Waals surface area contributed by atoms with Gasteiger partial charge in [0.15, 0.2) is 0 Å². The molecule has 0 saturated carbocycles. The lowest BCUT2D eigenvalue weighted by atomic mass is 9.98. The van der Waals surface area contributed by atoms with Crippen molar-refractivity contribution >= 4 is 35.0 Å². The van der Waals surface area contributed by atoms with Gasteiger partial charge in [0.1, 0.15) is 0 Å². The predicted molar refractivity (Wildman–Crippen MR) is 121 cm³/mol. The minimum atomic E-state index is 0.0130. The van der Waals surface area contributed by atoms with E-state index in [-0.39, 0.29) is 11.9 Å². The van der Waals surface area contributed by atoms with E-state index in [9.17, 15) is 4.79 Å². The van der Waals surface area contributed by atoms with E-state index in [1.807, 2.05) is 31.2 Å². The van der Waals surface area contributed by atoms with E-state index in [2.05, 4.69) is 41.4 Å². The summed E-state index contributed by atoms with van der Waals surface area (Å²) in [4.78, 5) is 14.7. The van der Waals surface area contributed by atoms with Gasteiger partial charge >= 0.3 is 0 Å². The average molecular weight is 417 g/mol. The van der Waals surface area contributed by atoms with Gasteiger partial charge in [0.05, 0.1) is 11.8 Å². The molecule has 150 valence electrons. The van der Waals surface area contributed by atoms with Crippen molar-refractivity contribution in [2.24, 2.45) is 5.92 Å². The Kier molecular flexibility index (Phi) is 7.69. The smallest absolute Gasteiger partial charge is 0.230 e. The van der Waals surface area contributed by atoms with E-state index >= 15 is 0 Å². The monoisotopic (exact) mass is 416 g/mol. The number of hydrogen-bond donors (Lipinski definition) is 1. The fraction of sp³-hybridized carbons (Fsp3) is 0.435. The van der Waals surface area contributed by atoms with Crippen LogP contribution in [-0.2, 0) is 10.5 Å². The first-order valence-electron chi connectivity index (χ1n) is 9.97. The molecule has 3 rings (SSSR count). The highest BCUT2D eigenvalue weighted by Crippen LogP contribution is 2.24. The van der Waals surface area contributed by atoms with Crippen molar-refractivity contribution in [1.29, 1.82) is 0 Å². The number of nitrogens with zero attached hydrogens (tertiary/aromatic N) is 1. The van der Waals surface area contributed by atoms with Crippen molar-refractivity contribution in [2.45, 2.75) is 38.5 Å². The lowest BCUT2D eigenvalue weighted by molar-refractivity contribution is -0.119. The van der Waals surface area contributed by atoms with Crippen LogP contribution >= 0.6 is 23.4 Å². The second-order valence-corrected chi connectivity index (χ2v) is 9.09. The van der Waals surface area contributed by atoms with Crippen molar-refractivity contribution in [3.8, 4) is 0 Å². The molecule has 1 saturated heterocycles. The van der Waals surface area contributed by atoms with Gasteiger partial charge in [0, 0.05) is 29.6 Å². The number of halogens is 1. The number of thioether (sulfide) groups is 1. The van der Waals surface area contributed by atoms with E-state index < -0.39 is 0 Å². The van der Waals surface area contributed by atoms with Gasteiger partial charge in [-0.1, -0.05) is 42.8 Å². The van der Waals surface area contributed by atoms with Gasteiger partial charge in [-0.05, 0) is 61.1 Å². The zero-order chi connectivity index (χ0) is 19.9. The summed E-state index contributed by atoms with van der Waals surface area (Å²) in [5.41, 5.74) is 3.61. The number of nitrogens with one attached hydrogen (secondary N) is 1. The van der Waals surface area contributed by atoms with Crippen LogP contribution in [0, 0.1) is 5.92 Å². The van der Waals surface area contributed by atoms with E-state index in [0.29, 0.717) is 5.75 Å². The Hall–Kier alpha value is -1.65. The predicted octanol–water partition coefficient (Wildman–Crippen LogP) is 5.69. The lowest BCUT2D eigenvalue weighted by Gasteiger charge is -2.32. The first-order chi connectivity index (χ1) is 13.5. The first kappa shape index (κ1) is 21.1. The summed E-state index contributed by atoms with van der Waals surface area (Å²) in [7, 11) is 0. The molecule has 1 atom stereocenters. The number of carbonyl (C=O) groups is 1. The summed E-state index contributed by atoms with van der Waals surface area (Å²) in [6, 6.07) is 16.4. The number of rotatable bonds is 7. The minimum Gasteiger partial charge on any atom is -0.372 e. The largest absolute Gasteiger partial charge is 0.372 e. The first-order valence-corrected chi connectivity index (χ1v) is 11.5. The van der Waals surface area contributed by atoms with Gasteiger partial charge in [-0.3, -0.25) is 4.79 Å². The number of carbonyl (C=O) groups excluding carboxylic acids is 1. The second kappa shape index (κ2) is 10.2. The van der Waals surface area contributed by atoms with Crippen molar-refractivity contribution in [1.82, 2.24) is 5.32 Å². The van der Waals surface area contributed by atoms with E-state index in [4.69, 9.17) is 11.6 Å². The highest BCUT2D eigenvalue weighted by atomic mass is 35.5. The summed E-state index contributed by atoms with van der Waals surface area (Å²) in [5.74, 6) is 2.17. The highest BCUT2D eigenvalue weighted by Gasteiger charge is 2.16. The van der Waals surface area contributed by atoms with E-state index in [1.54, 1.807) is 11.8 Å². The van der Waals surface area contributed by atoms with E-state index in [0.717, 1.165) is 35.3 Å². The van der Waals surface area contributed by atoms with Gasteiger partial charge in [0.2, 0.25) is 5.91 Å². The normalized spacial score (nSPS) is 16.0. The molecular weight excluding hydrogens is 388 g/mol. The third kappa shape index (κ3) is 6.18. The number of benzene rings is 2. The topological polar surface area (TPSA) is 32.3 Å². The maximum Gasteiger partial charge on any atom is 0.230 e. The number of anilines is 1. The quantitative estimate of drug-likeness (QED) is 0.629. The van der Waals surface area contributed by atoms with Crippen LogP contribution in [0.25, 0.3) is 0 Å². The van der Waals surface area contributed by atoms with Crippen molar-refractivity contribution in [3.63, 3.8) is 0 Å². The van der Waals surface area contributed by atoms with Gasteiger partial charge in [-0.15, -0.1) is 11.8 Å². The molecule has 0 bridgehead atoms. The Morgan fingerprint density at radius 3 is 2.43 bits per heavy atom. The Morgan fingerprint density at radius 2 is 1.79 bits per heavy atom. The highest BCUT2D eigenvalue weighted by molar-refractivity contribution is 7.99. The Bertz CT molecular complexity index is 755. The third-order valence-corrected chi connectivity index (χ3v) is 6.59. The average Bonchev–Trinajstić information content (AvgIpc) is 2.70. The SMILES string of the molecule is CC1CCN(c2ccc(C(C)NC(=O)CSCc3ccc(Cl)cc3)cc2)CC1. The summed E-state index contributed by atoms with van der Waals surface area (Å²) in [6.07, 6.45) is 2.53. The zero-order valence-corrected chi connectivity index (χ0v) is 18.2. The van der Waals surface area contributed by atoms with Crippen LogP contribution in [0.15, 0.2) is 48.5 Å². The maximum absolute atomic E-state index is 12.3. The zero-order valence-electron chi connectivity index (χ0n) is 16.7. The van der Waals surface area contributed by atoms with Crippen molar-refractivity contribution < 1.29 is 4.79 Å². The fourth-order valence-electron chi connectivity index (χ4n) is 3.45. The molecule has 3 nitrogen and oxygen atoms in total. The van der Waals surface area contributed by atoms with Gasteiger partial charge < -0.3 is 10.2 Å². The Morgan fingerprint density at radius 1 is 1.14 bits per heavy atom. The molecule has 1 unspecified atom stereocenters. The van der Waals surface area contributed by atoms with Crippen LogP contribution in [0.5, 0.6) is 0 Å². The molecule has 2 aromatic carbocycles. The summed E-state index contributed by atoms with van der Waals surface area (Å²) in [6.45, 7) is 6.65. The molecule has 1 amide bonds. The standard InChI is InChI=1S/C23H29ClN2OS/c1-17-11-13-26(14-12-17)22-9-5-20(6-10-22)18(2)25-23(27)16-28-15-19-3-7-21(24)8-4-19/h3-10,17-18H,11-16H2,1-2H3,(H,25,27). The van der Waals surface area contributed by atoms with Crippen LogP contribution in [0.1, 0.15) is 43.9 Å². The number of hydrogen-bond acceptors (Lipinski definition) is 3. The van der Waals surface area contributed by atoms with Crippen LogP contribution < -0.4 is 10.2 Å². The van der Waals surface area contributed by atoms with Crippen molar-refractivity contribution in [2.75, 3.05) is 23.7 Å². The van der Waals surface area contributed by atoms with Gasteiger partial charge in [-0.2, -0.15) is 0 Å². The molecule has 1 heterocycles. The second-order valence-electron chi connectivity index (χ2n) is 7.67. The molecule has 1 N–H and O–H groups in total. The lowest BCUT2D eigenvalue weighted by Crippen LogP contribution is -2.32. The van der Waals surface area contributed by atoms with Crippen LogP contribution in [0.2, 0.25) is 5.02 Å². The molecule has 1 aliphatic rings. The number of piperidine rings is 1. The fourth-order valence-corrected chi connectivity index (χ4v) is 4.37. The molecule has 5 heteroatoms. The molecule has 0 aliphatic carbocycles. The molecule has 2 aromatic rings. The molecule has 0 spiro atoms. The maximum atomic E-state index is 12.3. The van der Waals surface area contributed by atoms with Gasteiger partial charge in [-0.25, -0.2) is 0 Å². The molecule has 0 radical (unpaired) electrons. The molecule has 28 heavy (non-hydrogen) atoms. The van der Waals surface area contributed by atoms with E-state index in [1.165, 1.54) is 24.1 Å². The summed E-state index contributed by atoms with van der Waals surface area (Å²) >= 11 is 7.51.